The normalized spacial score (nSPS) is 11.8. The Labute approximate surface area is 201 Å². The average Bonchev–Trinajstić information content (AvgIpc) is 2.85. The summed E-state index contributed by atoms with van der Waals surface area (Å²) in [6.45, 7) is 4.59. The highest BCUT2D eigenvalue weighted by Gasteiger charge is 2.30. The first-order valence-electron chi connectivity index (χ1n) is 11.8. The Balaban J connectivity index is 1.90. The number of carbonyl (C=O) groups excluding carboxylic acids is 2. The summed E-state index contributed by atoms with van der Waals surface area (Å²) in [7, 11) is 0. The fraction of sp³-hybridized carbons (Fsp3) is 0.310. The zero-order valence-corrected chi connectivity index (χ0v) is 19.9. The first kappa shape index (κ1) is 25.2. The van der Waals surface area contributed by atoms with Gasteiger partial charge in [0.1, 0.15) is 11.9 Å². The lowest BCUT2D eigenvalue weighted by Crippen LogP contribution is -2.51. The van der Waals surface area contributed by atoms with Gasteiger partial charge in [-0.15, -0.1) is 0 Å². The highest BCUT2D eigenvalue weighted by molar-refractivity contribution is 5.88. The van der Waals surface area contributed by atoms with Gasteiger partial charge in [0.15, 0.2) is 0 Å². The van der Waals surface area contributed by atoms with E-state index < -0.39 is 6.04 Å². The molecule has 0 radical (unpaired) electrons. The fourth-order valence-corrected chi connectivity index (χ4v) is 3.83. The van der Waals surface area contributed by atoms with Crippen LogP contribution in [-0.2, 0) is 29.0 Å². The van der Waals surface area contributed by atoms with Crippen molar-refractivity contribution in [1.29, 1.82) is 0 Å². The van der Waals surface area contributed by atoms with Gasteiger partial charge in [-0.1, -0.05) is 92.7 Å². The second kappa shape index (κ2) is 12.7. The van der Waals surface area contributed by atoms with Crippen LogP contribution >= 0.6 is 0 Å². The van der Waals surface area contributed by atoms with Gasteiger partial charge in [0.25, 0.3) is 0 Å². The highest BCUT2D eigenvalue weighted by Crippen LogP contribution is 2.18. The number of nitrogens with zero attached hydrogens (tertiary/aromatic N) is 1. The Hall–Kier alpha value is -3.47. The molecule has 3 rings (SSSR count). The van der Waals surface area contributed by atoms with E-state index in [1.807, 2.05) is 74.5 Å². The average molecular weight is 461 g/mol. The van der Waals surface area contributed by atoms with Gasteiger partial charge in [-0.25, -0.2) is 4.39 Å². The lowest BCUT2D eigenvalue weighted by molar-refractivity contribution is -0.141. The summed E-state index contributed by atoms with van der Waals surface area (Å²) in [5.74, 6) is -0.505. The van der Waals surface area contributed by atoms with Crippen molar-refractivity contribution in [1.82, 2.24) is 10.2 Å². The minimum Gasteiger partial charge on any atom is -0.354 e. The van der Waals surface area contributed by atoms with Crippen molar-refractivity contribution in [2.45, 2.75) is 45.7 Å². The summed E-state index contributed by atoms with van der Waals surface area (Å²) in [6, 6.07) is 25.1. The SMILES string of the molecule is CC(C)CNC(=O)[C@H](Cc1ccccc1)N(Cc1ccccc1F)C(=O)CCc1ccccc1. The van der Waals surface area contributed by atoms with Crippen molar-refractivity contribution in [3.05, 3.63) is 107 Å². The predicted molar refractivity (Wildman–Crippen MR) is 133 cm³/mol. The summed E-state index contributed by atoms with van der Waals surface area (Å²) >= 11 is 0. The maximum atomic E-state index is 14.6. The Morgan fingerprint density at radius 3 is 2.06 bits per heavy atom. The van der Waals surface area contributed by atoms with Crippen LogP contribution in [0.5, 0.6) is 0 Å². The number of nitrogens with one attached hydrogen (secondary N) is 1. The number of rotatable bonds is 11. The molecule has 0 unspecified atom stereocenters. The van der Waals surface area contributed by atoms with E-state index in [1.54, 1.807) is 23.1 Å². The molecular weight excluding hydrogens is 427 g/mol. The fourth-order valence-electron chi connectivity index (χ4n) is 3.83. The van der Waals surface area contributed by atoms with Crippen molar-refractivity contribution in [2.24, 2.45) is 5.92 Å². The molecule has 2 amide bonds. The van der Waals surface area contributed by atoms with Crippen molar-refractivity contribution < 1.29 is 14.0 Å². The Morgan fingerprint density at radius 1 is 0.853 bits per heavy atom. The predicted octanol–water partition coefficient (Wildman–Crippen LogP) is 5.17. The van der Waals surface area contributed by atoms with E-state index >= 15 is 0 Å². The summed E-state index contributed by atoms with van der Waals surface area (Å²) in [5, 5.41) is 2.99. The van der Waals surface area contributed by atoms with E-state index in [0.29, 0.717) is 24.9 Å². The number of carbonyl (C=O) groups is 2. The van der Waals surface area contributed by atoms with E-state index in [-0.39, 0.29) is 36.5 Å². The molecule has 0 aromatic heterocycles. The van der Waals surface area contributed by atoms with Crippen LogP contribution in [0.2, 0.25) is 0 Å². The summed E-state index contributed by atoms with van der Waals surface area (Å²) in [5.41, 5.74) is 2.39. The number of benzene rings is 3. The molecule has 1 N–H and O–H groups in total. The minimum atomic E-state index is -0.746. The molecule has 0 fully saturated rings. The Kier molecular flexibility index (Phi) is 9.39. The smallest absolute Gasteiger partial charge is 0.243 e. The number of aryl methyl sites for hydroxylation is 1. The van der Waals surface area contributed by atoms with E-state index in [9.17, 15) is 14.0 Å². The van der Waals surface area contributed by atoms with Crippen LogP contribution in [0, 0.1) is 11.7 Å². The Bertz CT molecular complexity index is 1050. The van der Waals surface area contributed by atoms with Crippen LogP contribution < -0.4 is 5.32 Å². The van der Waals surface area contributed by atoms with E-state index in [4.69, 9.17) is 0 Å². The molecular formula is C29H33FN2O2. The maximum Gasteiger partial charge on any atom is 0.243 e. The molecule has 0 saturated carbocycles. The minimum absolute atomic E-state index is 0.0346. The zero-order valence-electron chi connectivity index (χ0n) is 19.9. The largest absolute Gasteiger partial charge is 0.354 e. The second-order valence-corrected chi connectivity index (χ2v) is 8.94. The van der Waals surface area contributed by atoms with E-state index in [2.05, 4.69) is 5.32 Å². The molecule has 0 heterocycles. The lowest BCUT2D eigenvalue weighted by Gasteiger charge is -2.32. The van der Waals surface area contributed by atoms with Crippen LogP contribution in [0.15, 0.2) is 84.9 Å². The van der Waals surface area contributed by atoms with Crippen molar-refractivity contribution in [3.63, 3.8) is 0 Å². The number of halogens is 1. The molecule has 0 spiro atoms. The highest BCUT2D eigenvalue weighted by atomic mass is 19.1. The molecule has 0 saturated heterocycles. The molecule has 3 aromatic carbocycles. The first-order chi connectivity index (χ1) is 16.4. The number of hydrogen-bond donors (Lipinski definition) is 1. The van der Waals surface area contributed by atoms with Crippen LogP contribution in [0.1, 0.15) is 37.0 Å². The number of hydrogen-bond acceptors (Lipinski definition) is 2. The molecule has 3 aromatic rings. The van der Waals surface area contributed by atoms with Gasteiger partial charge in [-0.05, 0) is 29.5 Å². The van der Waals surface area contributed by atoms with Gasteiger partial charge in [0.2, 0.25) is 11.8 Å². The van der Waals surface area contributed by atoms with Crippen LogP contribution in [0.3, 0.4) is 0 Å². The summed E-state index contributed by atoms with van der Waals surface area (Å²) < 4.78 is 14.6. The molecule has 0 aliphatic carbocycles. The van der Waals surface area contributed by atoms with Gasteiger partial charge in [-0.2, -0.15) is 0 Å². The molecule has 0 aliphatic heterocycles. The maximum absolute atomic E-state index is 14.6. The summed E-state index contributed by atoms with van der Waals surface area (Å²) in [4.78, 5) is 28.4. The van der Waals surface area contributed by atoms with Crippen molar-refractivity contribution in [2.75, 3.05) is 6.54 Å². The molecule has 0 aliphatic rings. The third-order valence-electron chi connectivity index (χ3n) is 5.72. The zero-order chi connectivity index (χ0) is 24.3. The van der Waals surface area contributed by atoms with Crippen molar-refractivity contribution >= 4 is 11.8 Å². The quantitative estimate of drug-likeness (QED) is 0.429. The standard InChI is InChI=1S/C29H33FN2O2/c1-22(2)20-31-29(34)27(19-24-13-7-4-8-14-24)32(21-25-15-9-10-16-26(25)30)28(33)18-17-23-11-5-3-6-12-23/h3-16,22,27H,17-21H2,1-2H3,(H,31,34)/t27-/m0/s1. The van der Waals surface area contributed by atoms with Crippen LogP contribution in [-0.4, -0.2) is 29.3 Å². The van der Waals surface area contributed by atoms with Crippen LogP contribution in [0.25, 0.3) is 0 Å². The molecule has 1 atom stereocenters. The second-order valence-electron chi connectivity index (χ2n) is 8.94. The van der Waals surface area contributed by atoms with Crippen LogP contribution in [0.4, 0.5) is 4.39 Å². The van der Waals surface area contributed by atoms with Gasteiger partial charge in [0, 0.05) is 31.5 Å². The third kappa shape index (κ3) is 7.55. The third-order valence-corrected chi connectivity index (χ3v) is 5.72. The van der Waals surface area contributed by atoms with Gasteiger partial charge in [-0.3, -0.25) is 9.59 Å². The van der Waals surface area contributed by atoms with Gasteiger partial charge in [0.05, 0.1) is 0 Å². The molecule has 178 valence electrons. The monoisotopic (exact) mass is 460 g/mol. The Morgan fingerprint density at radius 2 is 1.44 bits per heavy atom. The van der Waals surface area contributed by atoms with E-state index in [0.717, 1.165) is 11.1 Å². The van der Waals surface area contributed by atoms with Crippen molar-refractivity contribution in [3.8, 4) is 0 Å². The van der Waals surface area contributed by atoms with E-state index in [1.165, 1.54) is 6.07 Å². The lowest BCUT2D eigenvalue weighted by atomic mass is 10.0. The summed E-state index contributed by atoms with van der Waals surface area (Å²) in [6.07, 6.45) is 1.15. The first-order valence-corrected chi connectivity index (χ1v) is 11.8. The molecule has 0 bridgehead atoms. The molecule has 34 heavy (non-hydrogen) atoms. The van der Waals surface area contributed by atoms with Gasteiger partial charge < -0.3 is 10.2 Å². The molecule has 4 nitrogen and oxygen atoms in total. The number of amides is 2. The topological polar surface area (TPSA) is 49.4 Å². The molecule has 5 heteroatoms. The van der Waals surface area contributed by atoms with Gasteiger partial charge >= 0.3 is 0 Å².